The molecule has 1 rings (SSSR count). The second-order valence-corrected chi connectivity index (χ2v) is 5.19. The molecule has 0 heterocycles. The molecule has 0 saturated carbocycles. The van der Waals surface area contributed by atoms with Gasteiger partial charge in [0.05, 0.1) is 13.7 Å². The molecule has 4 heteroatoms. The predicted octanol–water partition coefficient (Wildman–Crippen LogP) is 2.70. The van der Waals surface area contributed by atoms with Gasteiger partial charge in [0.2, 0.25) is 0 Å². The van der Waals surface area contributed by atoms with Crippen LogP contribution in [0.2, 0.25) is 0 Å². The highest BCUT2D eigenvalue weighted by atomic mass is 16.5. The van der Waals surface area contributed by atoms with E-state index in [-0.39, 0.29) is 6.04 Å². The van der Waals surface area contributed by atoms with Crippen LogP contribution in [-0.2, 0) is 0 Å². The lowest BCUT2D eigenvalue weighted by molar-refractivity contribution is 0.276. The van der Waals surface area contributed by atoms with E-state index >= 15 is 0 Å². The second kappa shape index (κ2) is 8.82. The molecule has 0 aliphatic carbocycles. The number of benzene rings is 1. The van der Waals surface area contributed by atoms with Crippen molar-refractivity contribution in [1.29, 1.82) is 0 Å². The Kier molecular flexibility index (Phi) is 7.41. The molecule has 20 heavy (non-hydrogen) atoms. The van der Waals surface area contributed by atoms with Crippen LogP contribution in [0.15, 0.2) is 18.2 Å². The molecule has 0 aliphatic heterocycles. The van der Waals surface area contributed by atoms with Crippen LogP contribution in [0, 0.1) is 0 Å². The standard InChI is InChI=1S/C16H28N2O2/c1-6-17-13(2)15-9-8-14(19-5)12-16(15)20-11-7-10-18(3)4/h8-9,12-13,17H,6-7,10-11H2,1-5H3. The lowest BCUT2D eigenvalue weighted by Crippen LogP contribution is -2.19. The van der Waals surface area contributed by atoms with Crippen molar-refractivity contribution in [3.05, 3.63) is 23.8 Å². The minimum atomic E-state index is 0.273. The Morgan fingerprint density at radius 2 is 2.05 bits per heavy atom. The maximum atomic E-state index is 5.95. The summed E-state index contributed by atoms with van der Waals surface area (Å²) < 4.78 is 11.2. The topological polar surface area (TPSA) is 33.7 Å². The lowest BCUT2D eigenvalue weighted by atomic mass is 10.1. The molecular formula is C16H28N2O2. The van der Waals surface area contributed by atoms with Crippen LogP contribution >= 0.6 is 0 Å². The van der Waals surface area contributed by atoms with Crippen molar-refractivity contribution >= 4 is 0 Å². The third-order valence-corrected chi connectivity index (χ3v) is 3.20. The number of ether oxygens (including phenoxy) is 2. The van der Waals surface area contributed by atoms with E-state index in [0.717, 1.165) is 37.6 Å². The van der Waals surface area contributed by atoms with Gasteiger partial charge >= 0.3 is 0 Å². The zero-order valence-electron chi connectivity index (χ0n) is 13.4. The van der Waals surface area contributed by atoms with Gasteiger partial charge in [-0.1, -0.05) is 13.0 Å². The van der Waals surface area contributed by atoms with Gasteiger partial charge < -0.3 is 19.7 Å². The molecule has 0 spiro atoms. The number of methoxy groups -OCH3 is 1. The molecule has 0 radical (unpaired) electrons. The first-order chi connectivity index (χ1) is 9.58. The highest BCUT2D eigenvalue weighted by molar-refractivity contribution is 5.42. The number of rotatable bonds is 9. The van der Waals surface area contributed by atoms with Crippen LogP contribution in [0.3, 0.4) is 0 Å². The Morgan fingerprint density at radius 1 is 1.30 bits per heavy atom. The molecule has 1 aromatic rings. The van der Waals surface area contributed by atoms with Gasteiger partial charge in [0.25, 0.3) is 0 Å². The number of nitrogens with one attached hydrogen (secondary N) is 1. The molecule has 4 nitrogen and oxygen atoms in total. The summed E-state index contributed by atoms with van der Waals surface area (Å²) >= 11 is 0. The molecule has 114 valence electrons. The first-order valence-corrected chi connectivity index (χ1v) is 7.27. The Bertz CT molecular complexity index is 394. The van der Waals surface area contributed by atoms with Crippen LogP contribution in [0.4, 0.5) is 0 Å². The van der Waals surface area contributed by atoms with Gasteiger partial charge in [-0.05, 0) is 40.1 Å². The maximum Gasteiger partial charge on any atom is 0.127 e. The van der Waals surface area contributed by atoms with Gasteiger partial charge in [0.1, 0.15) is 11.5 Å². The van der Waals surface area contributed by atoms with Crippen molar-refractivity contribution < 1.29 is 9.47 Å². The highest BCUT2D eigenvalue weighted by Gasteiger charge is 2.12. The van der Waals surface area contributed by atoms with E-state index in [1.807, 2.05) is 12.1 Å². The summed E-state index contributed by atoms with van der Waals surface area (Å²) in [5.41, 5.74) is 1.18. The zero-order valence-corrected chi connectivity index (χ0v) is 13.4. The van der Waals surface area contributed by atoms with E-state index in [4.69, 9.17) is 9.47 Å². The Morgan fingerprint density at radius 3 is 2.65 bits per heavy atom. The van der Waals surface area contributed by atoms with Gasteiger partial charge in [-0.2, -0.15) is 0 Å². The van der Waals surface area contributed by atoms with E-state index in [9.17, 15) is 0 Å². The minimum absolute atomic E-state index is 0.273. The van der Waals surface area contributed by atoms with Crippen LogP contribution in [0.25, 0.3) is 0 Å². The largest absolute Gasteiger partial charge is 0.497 e. The van der Waals surface area contributed by atoms with Crippen LogP contribution in [0.5, 0.6) is 11.5 Å². The van der Waals surface area contributed by atoms with Crippen molar-refractivity contribution in [3.63, 3.8) is 0 Å². The molecular weight excluding hydrogens is 252 g/mol. The molecule has 0 amide bonds. The average molecular weight is 280 g/mol. The van der Waals surface area contributed by atoms with Gasteiger partial charge in [0.15, 0.2) is 0 Å². The summed E-state index contributed by atoms with van der Waals surface area (Å²) in [6.07, 6.45) is 1.01. The van der Waals surface area contributed by atoms with Crippen molar-refractivity contribution in [2.45, 2.75) is 26.3 Å². The monoisotopic (exact) mass is 280 g/mol. The first kappa shape index (κ1) is 16.8. The normalized spacial score (nSPS) is 12.5. The SMILES string of the molecule is CCNC(C)c1ccc(OC)cc1OCCCN(C)C. The average Bonchev–Trinajstić information content (AvgIpc) is 2.43. The molecule has 1 atom stereocenters. The Balaban J connectivity index is 2.73. The van der Waals surface area contributed by atoms with Gasteiger partial charge in [0, 0.05) is 24.2 Å². The van der Waals surface area contributed by atoms with Crippen molar-refractivity contribution in [2.24, 2.45) is 0 Å². The summed E-state index contributed by atoms with van der Waals surface area (Å²) in [5, 5.41) is 3.42. The molecule has 0 aliphatic rings. The number of hydrogen-bond donors (Lipinski definition) is 1. The fourth-order valence-corrected chi connectivity index (χ4v) is 2.10. The fourth-order valence-electron chi connectivity index (χ4n) is 2.10. The van der Waals surface area contributed by atoms with Crippen LogP contribution < -0.4 is 14.8 Å². The molecule has 1 N–H and O–H groups in total. The van der Waals surface area contributed by atoms with Crippen molar-refractivity contribution in [1.82, 2.24) is 10.2 Å². The first-order valence-electron chi connectivity index (χ1n) is 7.27. The van der Waals surface area contributed by atoms with Gasteiger partial charge in [-0.15, -0.1) is 0 Å². The molecule has 0 bridgehead atoms. The maximum absolute atomic E-state index is 5.95. The predicted molar refractivity (Wildman–Crippen MR) is 83.8 cm³/mol. The van der Waals surface area contributed by atoms with Crippen LogP contribution in [0.1, 0.15) is 31.9 Å². The summed E-state index contributed by atoms with van der Waals surface area (Å²) in [4.78, 5) is 2.16. The van der Waals surface area contributed by atoms with E-state index in [2.05, 4.69) is 44.2 Å². The van der Waals surface area contributed by atoms with Crippen LogP contribution in [-0.4, -0.2) is 45.8 Å². The number of nitrogens with zero attached hydrogens (tertiary/aromatic N) is 1. The van der Waals surface area contributed by atoms with Gasteiger partial charge in [-0.25, -0.2) is 0 Å². The molecule has 0 aromatic heterocycles. The van der Waals surface area contributed by atoms with E-state index in [1.54, 1.807) is 7.11 Å². The third-order valence-electron chi connectivity index (χ3n) is 3.20. The van der Waals surface area contributed by atoms with E-state index in [0.29, 0.717) is 0 Å². The minimum Gasteiger partial charge on any atom is -0.497 e. The summed E-state index contributed by atoms with van der Waals surface area (Å²) in [5.74, 6) is 1.75. The lowest BCUT2D eigenvalue weighted by Gasteiger charge is -2.19. The summed E-state index contributed by atoms with van der Waals surface area (Å²) in [6, 6.07) is 6.30. The molecule has 0 saturated heterocycles. The van der Waals surface area contributed by atoms with Gasteiger partial charge in [-0.3, -0.25) is 0 Å². The fraction of sp³-hybridized carbons (Fsp3) is 0.625. The Labute approximate surface area is 123 Å². The number of hydrogen-bond acceptors (Lipinski definition) is 4. The van der Waals surface area contributed by atoms with Crippen molar-refractivity contribution in [2.75, 3.05) is 40.9 Å². The summed E-state index contributed by atoms with van der Waals surface area (Å²) in [6.45, 7) is 6.95. The third kappa shape index (κ3) is 5.39. The van der Waals surface area contributed by atoms with E-state index < -0.39 is 0 Å². The smallest absolute Gasteiger partial charge is 0.127 e. The quantitative estimate of drug-likeness (QED) is 0.705. The summed E-state index contributed by atoms with van der Waals surface area (Å²) in [7, 11) is 5.83. The van der Waals surface area contributed by atoms with Crippen molar-refractivity contribution in [3.8, 4) is 11.5 Å². The zero-order chi connectivity index (χ0) is 15.0. The molecule has 0 fully saturated rings. The second-order valence-electron chi connectivity index (χ2n) is 5.19. The van der Waals surface area contributed by atoms with E-state index in [1.165, 1.54) is 5.56 Å². The highest BCUT2D eigenvalue weighted by Crippen LogP contribution is 2.29. The molecule has 1 aromatic carbocycles. The Hall–Kier alpha value is -1.26. The molecule has 1 unspecified atom stereocenters.